The average Bonchev–Trinajstić information content (AvgIpc) is 3.38. The molecular formula is C30H31N3O4. The van der Waals surface area contributed by atoms with Gasteiger partial charge in [0, 0.05) is 48.1 Å². The minimum atomic E-state index is -0.164. The summed E-state index contributed by atoms with van der Waals surface area (Å²) in [5, 5.41) is 13.3. The highest BCUT2D eigenvalue weighted by atomic mass is 16.5. The highest BCUT2D eigenvalue weighted by molar-refractivity contribution is 5.90. The Morgan fingerprint density at radius 2 is 1.73 bits per heavy atom. The molecule has 0 aliphatic carbocycles. The Labute approximate surface area is 217 Å². The lowest BCUT2D eigenvalue weighted by Gasteiger charge is -2.44. The number of anilines is 2. The van der Waals surface area contributed by atoms with Crippen molar-refractivity contribution < 1.29 is 19.4 Å². The van der Waals surface area contributed by atoms with E-state index in [1.54, 1.807) is 20.3 Å². The summed E-state index contributed by atoms with van der Waals surface area (Å²) in [6.45, 7) is 0.637. The summed E-state index contributed by atoms with van der Waals surface area (Å²) >= 11 is 0. The Morgan fingerprint density at radius 1 is 1.00 bits per heavy atom. The molecule has 0 bridgehead atoms. The van der Waals surface area contributed by atoms with E-state index >= 15 is 0 Å². The SMILES string of the molecule is COc1ccc(C#Cc2ccc3c(c2)[C@H]2[C@H](CCN2C(=O)Nc2cccc(OC)c2)[C@H](CO)N3C)cc1. The van der Waals surface area contributed by atoms with Gasteiger partial charge >= 0.3 is 6.03 Å². The number of aliphatic hydroxyl groups excluding tert-OH is 1. The number of benzene rings is 3. The van der Waals surface area contributed by atoms with Crippen molar-refractivity contribution in [3.05, 3.63) is 83.4 Å². The summed E-state index contributed by atoms with van der Waals surface area (Å²) in [5.41, 5.74) is 4.52. The topological polar surface area (TPSA) is 74.3 Å². The molecule has 3 atom stereocenters. The third kappa shape index (κ3) is 4.81. The fourth-order valence-electron chi connectivity index (χ4n) is 5.47. The third-order valence-corrected chi connectivity index (χ3v) is 7.37. The van der Waals surface area contributed by atoms with Gasteiger partial charge in [-0.1, -0.05) is 17.9 Å². The van der Waals surface area contributed by atoms with Crippen LogP contribution in [-0.4, -0.2) is 56.5 Å². The van der Waals surface area contributed by atoms with Gasteiger partial charge in [0.25, 0.3) is 0 Å². The zero-order chi connectivity index (χ0) is 25.9. The number of likely N-dealkylation sites (tertiary alicyclic amines) is 1. The van der Waals surface area contributed by atoms with Crippen LogP contribution in [0.2, 0.25) is 0 Å². The third-order valence-electron chi connectivity index (χ3n) is 7.37. The van der Waals surface area contributed by atoms with E-state index in [4.69, 9.17) is 9.47 Å². The minimum Gasteiger partial charge on any atom is -0.497 e. The Kier molecular flexibility index (Phi) is 6.93. The molecule has 3 aromatic rings. The predicted molar refractivity (Wildman–Crippen MR) is 144 cm³/mol. The quantitative estimate of drug-likeness (QED) is 0.519. The molecule has 0 spiro atoms. The number of amides is 2. The number of urea groups is 1. The largest absolute Gasteiger partial charge is 0.497 e. The molecular weight excluding hydrogens is 466 g/mol. The maximum Gasteiger partial charge on any atom is 0.322 e. The lowest BCUT2D eigenvalue weighted by Crippen LogP contribution is -2.48. The number of ether oxygens (including phenoxy) is 2. The molecule has 2 N–H and O–H groups in total. The van der Waals surface area contributed by atoms with E-state index in [2.05, 4.69) is 28.1 Å². The van der Waals surface area contributed by atoms with Gasteiger partial charge in [-0.3, -0.25) is 0 Å². The molecule has 0 unspecified atom stereocenters. The first-order chi connectivity index (χ1) is 18.0. The molecule has 2 aliphatic rings. The number of likely N-dealkylation sites (N-methyl/N-ethyl adjacent to an activating group) is 1. The van der Waals surface area contributed by atoms with Gasteiger partial charge in [-0.25, -0.2) is 4.79 Å². The van der Waals surface area contributed by atoms with Gasteiger partial charge in [0.05, 0.1) is 32.9 Å². The number of nitrogens with one attached hydrogen (secondary N) is 1. The standard InChI is InChI=1S/C30H31N3O4/c1-32-27-14-11-21(8-7-20-9-12-23(36-2)13-10-20)17-26(27)29-25(28(32)19-34)15-16-33(29)30(35)31-22-5-4-6-24(18-22)37-3/h4-6,9-14,17-18,25,28-29,34H,15-16,19H2,1-3H3,(H,31,35)/t25-,28+,29-/m1/s1. The van der Waals surface area contributed by atoms with Crippen LogP contribution in [0.15, 0.2) is 66.7 Å². The molecule has 0 radical (unpaired) electrons. The summed E-state index contributed by atoms with van der Waals surface area (Å²) in [6, 6.07) is 20.7. The Hall–Kier alpha value is -4.15. The number of hydrogen-bond donors (Lipinski definition) is 2. The van der Waals surface area contributed by atoms with Gasteiger partial charge < -0.3 is 29.7 Å². The summed E-state index contributed by atoms with van der Waals surface area (Å²) < 4.78 is 10.5. The van der Waals surface area contributed by atoms with Crippen LogP contribution >= 0.6 is 0 Å². The van der Waals surface area contributed by atoms with Gasteiger partial charge in [-0.05, 0) is 66.6 Å². The van der Waals surface area contributed by atoms with Crippen molar-refractivity contribution in [1.29, 1.82) is 0 Å². The van der Waals surface area contributed by atoms with Gasteiger partial charge in [0.15, 0.2) is 0 Å². The van der Waals surface area contributed by atoms with Crippen molar-refractivity contribution in [3.8, 4) is 23.3 Å². The predicted octanol–water partition coefficient (Wildman–Crippen LogP) is 4.51. The molecule has 7 heteroatoms. The van der Waals surface area contributed by atoms with Crippen LogP contribution in [-0.2, 0) is 0 Å². The van der Waals surface area contributed by atoms with E-state index in [1.807, 2.05) is 66.5 Å². The van der Waals surface area contributed by atoms with Crippen LogP contribution in [0.5, 0.6) is 11.5 Å². The van der Waals surface area contributed by atoms with Crippen LogP contribution in [0.25, 0.3) is 0 Å². The van der Waals surface area contributed by atoms with E-state index in [1.165, 1.54) is 0 Å². The first kappa shape index (κ1) is 24.5. The van der Waals surface area contributed by atoms with E-state index in [0.29, 0.717) is 18.0 Å². The second-order valence-corrected chi connectivity index (χ2v) is 9.37. The monoisotopic (exact) mass is 497 g/mol. The van der Waals surface area contributed by atoms with Crippen molar-refractivity contribution in [2.45, 2.75) is 18.5 Å². The fraction of sp³-hybridized carbons (Fsp3) is 0.300. The van der Waals surface area contributed by atoms with Crippen molar-refractivity contribution >= 4 is 17.4 Å². The maximum atomic E-state index is 13.5. The van der Waals surface area contributed by atoms with Gasteiger partial charge in [-0.15, -0.1) is 0 Å². The highest BCUT2D eigenvalue weighted by Gasteiger charge is 2.47. The summed E-state index contributed by atoms with van der Waals surface area (Å²) in [6.07, 6.45) is 0.812. The number of nitrogens with zero attached hydrogens (tertiary/aromatic N) is 2. The van der Waals surface area contributed by atoms with Crippen LogP contribution in [0.3, 0.4) is 0 Å². The maximum absolute atomic E-state index is 13.5. The number of carbonyl (C=O) groups excluding carboxylic acids is 1. The van der Waals surface area contributed by atoms with Gasteiger partial charge in [0.1, 0.15) is 11.5 Å². The number of hydrogen-bond acceptors (Lipinski definition) is 5. The van der Waals surface area contributed by atoms with Gasteiger partial charge in [0.2, 0.25) is 0 Å². The molecule has 1 saturated heterocycles. The smallest absolute Gasteiger partial charge is 0.322 e. The molecule has 2 aliphatic heterocycles. The van der Waals surface area contributed by atoms with Crippen molar-refractivity contribution in [3.63, 3.8) is 0 Å². The number of carbonyl (C=O) groups is 1. The zero-order valence-electron chi connectivity index (χ0n) is 21.3. The van der Waals surface area contributed by atoms with E-state index in [-0.39, 0.29) is 30.6 Å². The van der Waals surface area contributed by atoms with Crippen molar-refractivity contribution in [2.75, 3.05) is 44.6 Å². The van der Waals surface area contributed by atoms with E-state index in [9.17, 15) is 9.90 Å². The number of methoxy groups -OCH3 is 2. The van der Waals surface area contributed by atoms with E-state index < -0.39 is 0 Å². The Morgan fingerprint density at radius 3 is 2.46 bits per heavy atom. The summed E-state index contributed by atoms with van der Waals surface area (Å²) in [7, 11) is 5.26. The van der Waals surface area contributed by atoms with Gasteiger partial charge in [-0.2, -0.15) is 0 Å². The Balaban J connectivity index is 1.46. The molecule has 1 fully saturated rings. The van der Waals surface area contributed by atoms with E-state index in [0.717, 1.165) is 34.5 Å². The molecule has 5 rings (SSSR count). The van der Waals surface area contributed by atoms with Crippen LogP contribution in [0.4, 0.5) is 16.2 Å². The van der Waals surface area contributed by atoms with Crippen LogP contribution in [0.1, 0.15) is 29.2 Å². The minimum absolute atomic E-state index is 0.0292. The second kappa shape index (κ2) is 10.5. The molecule has 2 heterocycles. The Bertz CT molecular complexity index is 1340. The average molecular weight is 498 g/mol. The molecule has 0 aromatic heterocycles. The molecule has 2 amide bonds. The molecule has 3 aromatic carbocycles. The molecule has 37 heavy (non-hydrogen) atoms. The van der Waals surface area contributed by atoms with Crippen LogP contribution in [0, 0.1) is 17.8 Å². The second-order valence-electron chi connectivity index (χ2n) is 9.37. The van der Waals surface area contributed by atoms with Crippen molar-refractivity contribution in [1.82, 2.24) is 4.90 Å². The van der Waals surface area contributed by atoms with Crippen LogP contribution < -0.4 is 19.7 Å². The first-order valence-electron chi connectivity index (χ1n) is 12.4. The lowest BCUT2D eigenvalue weighted by molar-refractivity contribution is 0.168. The fourth-order valence-corrected chi connectivity index (χ4v) is 5.47. The number of fused-ring (bicyclic) bond motifs is 3. The summed E-state index contributed by atoms with van der Waals surface area (Å²) in [4.78, 5) is 17.5. The summed E-state index contributed by atoms with van der Waals surface area (Å²) in [5.74, 6) is 8.09. The number of aliphatic hydroxyl groups is 1. The lowest BCUT2D eigenvalue weighted by atomic mass is 9.81. The molecule has 7 nitrogen and oxygen atoms in total. The first-order valence-corrected chi connectivity index (χ1v) is 12.4. The molecule has 190 valence electrons. The normalized spacial score (nSPS) is 19.8. The van der Waals surface area contributed by atoms with Crippen molar-refractivity contribution in [2.24, 2.45) is 5.92 Å². The zero-order valence-corrected chi connectivity index (χ0v) is 21.3. The molecule has 0 saturated carbocycles. The highest BCUT2D eigenvalue weighted by Crippen LogP contribution is 2.48. The number of rotatable bonds is 4.